The Balaban J connectivity index is 2.56. The van der Waals surface area contributed by atoms with Gasteiger partial charge in [-0.3, -0.25) is 0 Å². The van der Waals surface area contributed by atoms with Crippen molar-refractivity contribution in [3.8, 4) is 11.1 Å². The second kappa shape index (κ2) is 4.39. The minimum Gasteiger partial charge on any atom is -0.478 e. The van der Waals surface area contributed by atoms with Gasteiger partial charge >= 0.3 is 5.97 Å². The van der Waals surface area contributed by atoms with E-state index in [4.69, 9.17) is 5.11 Å². The molecule has 0 amide bonds. The number of hydrogen-bond donors (Lipinski definition) is 1. The van der Waals surface area contributed by atoms with E-state index in [-0.39, 0.29) is 0 Å². The normalized spacial score (nSPS) is 10.4. The zero-order chi connectivity index (χ0) is 11.7. The van der Waals surface area contributed by atoms with Crippen LogP contribution in [0.25, 0.3) is 11.1 Å². The van der Waals surface area contributed by atoms with Gasteiger partial charge in [-0.2, -0.15) is 0 Å². The van der Waals surface area contributed by atoms with E-state index in [0.29, 0.717) is 5.56 Å². The molecule has 0 aliphatic rings. The number of aromatic carboxylic acids is 1. The Morgan fingerprint density at radius 2 is 1.94 bits per heavy atom. The van der Waals surface area contributed by atoms with Crippen molar-refractivity contribution in [1.29, 1.82) is 0 Å². The summed E-state index contributed by atoms with van der Waals surface area (Å²) in [5.41, 5.74) is 2.14. The van der Waals surface area contributed by atoms with Gasteiger partial charge in [0.1, 0.15) is 0 Å². The Labute approximate surface area is 106 Å². The van der Waals surface area contributed by atoms with Crippen molar-refractivity contribution in [2.24, 2.45) is 0 Å². The van der Waals surface area contributed by atoms with Crippen molar-refractivity contribution in [2.45, 2.75) is 6.92 Å². The summed E-state index contributed by atoms with van der Waals surface area (Å²) in [6.45, 7) is 1.83. The highest BCUT2D eigenvalue weighted by Gasteiger charge is 2.16. The molecule has 0 unspecified atom stereocenters. The van der Waals surface area contributed by atoms with Crippen LogP contribution in [0.4, 0.5) is 0 Å². The molecule has 2 rings (SSSR count). The largest absolute Gasteiger partial charge is 0.478 e. The van der Waals surface area contributed by atoms with Crippen molar-refractivity contribution in [3.63, 3.8) is 0 Å². The molecule has 0 atom stereocenters. The molecule has 0 aliphatic heterocycles. The zero-order valence-corrected chi connectivity index (χ0v) is 10.9. The second-order valence-corrected chi connectivity index (χ2v) is 5.39. The first kappa shape index (κ1) is 11.4. The average Bonchev–Trinajstić information content (AvgIpc) is 2.61. The lowest BCUT2D eigenvalue weighted by molar-refractivity contribution is 0.0697. The average molecular weight is 297 g/mol. The summed E-state index contributed by atoms with van der Waals surface area (Å²) in [5.74, 6) is -0.864. The van der Waals surface area contributed by atoms with Gasteiger partial charge in [0, 0.05) is 14.9 Å². The summed E-state index contributed by atoms with van der Waals surface area (Å²) in [4.78, 5) is 12.0. The number of carboxylic acids is 1. The van der Waals surface area contributed by atoms with E-state index in [1.54, 1.807) is 0 Å². The maximum absolute atomic E-state index is 11.1. The second-order valence-electron chi connectivity index (χ2n) is 3.39. The molecule has 0 bridgehead atoms. The van der Waals surface area contributed by atoms with Crippen molar-refractivity contribution in [2.75, 3.05) is 0 Å². The first-order chi connectivity index (χ1) is 7.59. The molecular formula is C12H9BrO2S. The van der Waals surface area contributed by atoms with Gasteiger partial charge in [0.2, 0.25) is 0 Å². The molecule has 2 nitrogen and oxygen atoms in total. The van der Waals surface area contributed by atoms with E-state index in [9.17, 15) is 4.79 Å². The predicted molar refractivity (Wildman–Crippen MR) is 69.2 cm³/mol. The SMILES string of the molecule is Cc1scc(-c2ccc(Br)cc2)c1C(=O)O. The molecule has 1 aromatic heterocycles. The number of thiophene rings is 1. The summed E-state index contributed by atoms with van der Waals surface area (Å²) in [7, 11) is 0. The topological polar surface area (TPSA) is 37.3 Å². The molecular weight excluding hydrogens is 288 g/mol. The monoisotopic (exact) mass is 296 g/mol. The number of benzene rings is 1. The lowest BCUT2D eigenvalue weighted by atomic mass is 10.0. The Bertz CT molecular complexity index is 528. The van der Waals surface area contributed by atoms with Crippen LogP contribution >= 0.6 is 27.3 Å². The van der Waals surface area contributed by atoms with Crippen LogP contribution in [0.1, 0.15) is 15.2 Å². The van der Waals surface area contributed by atoms with Crippen LogP contribution in [-0.2, 0) is 0 Å². The molecule has 16 heavy (non-hydrogen) atoms. The van der Waals surface area contributed by atoms with E-state index < -0.39 is 5.97 Å². The third-order valence-electron chi connectivity index (χ3n) is 2.34. The highest BCUT2D eigenvalue weighted by Crippen LogP contribution is 2.31. The third-order valence-corrected chi connectivity index (χ3v) is 3.78. The molecule has 0 spiro atoms. The van der Waals surface area contributed by atoms with Crippen LogP contribution in [0.15, 0.2) is 34.1 Å². The van der Waals surface area contributed by atoms with Crippen LogP contribution in [-0.4, -0.2) is 11.1 Å². The molecule has 1 N–H and O–H groups in total. The smallest absolute Gasteiger partial charge is 0.337 e. The summed E-state index contributed by atoms with van der Waals surface area (Å²) in [5, 5.41) is 11.0. The summed E-state index contributed by atoms with van der Waals surface area (Å²) < 4.78 is 0.986. The van der Waals surface area contributed by atoms with Gasteiger partial charge in [0.25, 0.3) is 0 Å². The fourth-order valence-electron chi connectivity index (χ4n) is 1.56. The summed E-state index contributed by atoms with van der Waals surface area (Å²) in [6, 6.07) is 7.65. The zero-order valence-electron chi connectivity index (χ0n) is 8.53. The Kier molecular flexibility index (Phi) is 3.12. The van der Waals surface area contributed by atoms with E-state index in [1.807, 2.05) is 36.6 Å². The number of rotatable bonds is 2. The van der Waals surface area contributed by atoms with E-state index in [2.05, 4.69) is 15.9 Å². The van der Waals surface area contributed by atoms with Crippen LogP contribution in [0.2, 0.25) is 0 Å². The first-order valence-corrected chi connectivity index (χ1v) is 6.34. The molecule has 4 heteroatoms. The van der Waals surface area contributed by atoms with Gasteiger partial charge in [-0.1, -0.05) is 28.1 Å². The molecule has 0 saturated carbocycles. The Hall–Kier alpha value is -1.13. The molecule has 0 saturated heterocycles. The summed E-state index contributed by atoms with van der Waals surface area (Å²) in [6.07, 6.45) is 0. The molecule has 0 aliphatic carbocycles. The van der Waals surface area contributed by atoms with Crippen molar-refractivity contribution in [3.05, 3.63) is 44.6 Å². The van der Waals surface area contributed by atoms with E-state index in [0.717, 1.165) is 20.5 Å². The lowest BCUT2D eigenvalue weighted by Gasteiger charge is -2.01. The molecule has 0 radical (unpaired) electrons. The van der Waals surface area contributed by atoms with Gasteiger partial charge in [-0.25, -0.2) is 4.79 Å². The third kappa shape index (κ3) is 2.03. The van der Waals surface area contributed by atoms with Crippen molar-refractivity contribution >= 4 is 33.2 Å². The fourth-order valence-corrected chi connectivity index (χ4v) is 2.69. The van der Waals surface area contributed by atoms with Gasteiger partial charge in [0.05, 0.1) is 5.56 Å². The van der Waals surface area contributed by atoms with Gasteiger partial charge < -0.3 is 5.11 Å². The highest BCUT2D eigenvalue weighted by molar-refractivity contribution is 9.10. The quantitative estimate of drug-likeness (QED) is 0.902. The van der Waals surface area contributed by atoms with Gasteiger partial charge in [-0.05, 0) is 30.0 Å². The van der Waals surface area contributed by atoms with Gasteiger partial charge in [-0.15, -0.1) is 11.3 Å². The van der Waals surface area contributed by atoms with E-state index in [1.165, 1.54) is 11.3 Å². The number of carboxylic acid groups (broad SMARTS) is 1. The van der Waals surface area contributed by atoms with Crippen molar-refractivity contribution in [1.82, 2.24) is 0 Å². The molecule has 0 fully saturated rings. The minimum absolute atomic E-state index is 0.410. The highest BCUT2D eigenvalue weighted by atomic mass is 79.9. The van der Waals surface area contributed by atoms with Crippen LogP contribution in [0, 0.1) is 6.92 Å². The number of carbonyl (C=O) groups is 1. The Morgan fingerprint density at radius 3 is 2.50 bits per heavy atom. The molecule has 82 valence electrons. The maximum atomic E-state index is 11.1. The van der Waals surface area contributed by atoms with Crippen LogP contribution in [0.3, 0.4) is 0 Å². The van der Waals surface area contributed by atoms with Crippen LogP contribution < -0.4 is 0 Å². The first-order valence-electron chi connectivity index (χ1n) is 4.67. The number of aryl methyl sites for hydroxylation is 1. The predicted octanol–water partition coefficient (Wildman–Crippen LogP) is 4.18. The van der Waals surface area contributed by atoms with Gasteiger partial charge in [0.15, 0.2) is 0 Å². The molecule has 2 aromatic rings. The Morgan fingerprint density at radius 1 is 1.31 bits per heavy atom. The molecule has 1 heterocycles. The lowest BCUT2D eigenvalue weighted by Crippen LogP contribution is -1.98. The van der Waals surface area contributed by atoms with E-state index >= 15 is 0 Å². The fraction of sp³-hybridized carbons (Fsp3) is 0.0833. The van der Waals surface area contributed by atoms with Crippen molar-refractivity contribution < 1.29 is 9.90 Å². The summed E-state index contributed by atoms with van der Waals surface area (Å²) >= 11 is 4.82. The number of hydrogen-bond acceptors (Lipinski definition) is 2. The number of halogens is 1. The molecule has 1 aromatic carbocycles. The van der Waals surface area contributed by atoms with Crippen LogP contribution in [0.5, 0.6) is 0 Å². The maximum Gasteiger partial charge on any atom is 0.337 e. The minimum atomic E-state index is -0.864. The standard InChI is InChI=1S/C12H9BrO2S/c1-7-11(12(14)15)10(6-16-7)8-2-4-9(13)5-3-8/h2-6H,1H3,(H,14,15).